The largest absolute Gasteiger partial charge is 3.00 e. The first-order chi connectivity index (χ1) is 27.6. The van der Waals surface area contributed by atoms with Crippen molar-refractivity contribution in [2.24, 2.45) is 0 Å². The molecule has 0 fully saturated rings. The molecule has 0 aromatic rings. The van der Waals surface area contributed by atoms with Gasteiger partial charge in [-0.05, 0) is 0 Å². The van der Waals surface area contributed by atoms with Gasteiger partial charge in [-0.1, -0.05) is 0 Å². The van der Waals surface area contributed by atoms with Crippen LogP contribution in [0.2, 0.25) is 0 Å². The molecule has 0 N–H and O–H groups in total. The third kappa shape index (κ3) is 58.5. The third-order valence-corrected chi connectivity index (χ3v) is 6.43. The van der Waals surface area contributed by atoms with Crippen molar-refractivity contribution in [1.82, 2.24) is 29.4 Å². The summed E-state index contributed by atoms with van der Waals surface area (Å²) in [5.74, 6) is -18.4. The van der Waals surface area contributed by atoms with Gasteiger partial charge in [-0.3, -0.25) is 29.4 Å². The average molecular weight is 1110 g/mol. The summed E-state index contributed by atoms with van der Waals surface area (Å²) < 4.78 is 0. The van der Waals surface area contributed by atoms with E-state index in [0.29, 0.717) is 0 Å². The van der Waals surface area contributed by atoms with Gasteiger partial charge < -0.3 is 119 Å². The SMILES string of the molecule is O=C([O-])CN(CCN(CC(=O)[O-])CC(=O)[O-])CC(=O)[O-].O=C([O-])CN(CCN(CC(=O)[O-])CC(=O)[O-])CC(=O)[O-].O=C([O-])CN(CCN(CC(=O)[O-])CC(=O)[O-])CC(=O)[O-].[Fe+3].[Fe+3].[Fe+3].[Fe+3].[Na+]. The Kier molecular flexibility index (Phi) is 55.2. The Bertz CT molecular complexity index is 1150. The maximum Gasteiger partial charge on any atom is 3.00 e. The fourth-order valence-corrected chi connectivity index (χ4v) is 4.32. The summed E-state index contributed by atoms with van der Waals surface area (Å²) in [7, 11) is 0. The average Bonchev–Trinajstić information content (AvgIpc) is 3.02. The van der Waals surface area contributed by atoms with Crippen molar-refractivity contribution in [2.75, 3.05) is 118 Å². The Morgan fingerprint density at radius 3 is 0.308 bits per heavy atom. The van der Waals surface area contributed by atoms with Crippen molar-refractivity contribution in [1.29, 1.82) is 0 Å². The minimum atomic E-state index is -1.53. The Hall–Kier alpha value is -3.52. The van der Waals surface area contributed by atoms with Gasteiger partial charge >= 0.3 is 97.8 Å². The van der Waals surface area contributed by atoms with Crippen LogP contribution < -0.4 is 90.8 Å². The van der Waals surface area contributed by atoms with Crippen LogP contribution in [0.25, 0.3) is 0 Å². The minimum absolute atomic E-state index is 0. The predicted octanol–water partition coefficient (Wildman–Crippen LogP) is -25.2. The molecule has 0 saturated carbocycles. The number of carbonyl (C=O) groups excluding carboxylic acids is 12. The predicted molar refractivity (Wildman–Crippen MR) is 159 cm³/mol. The molecular formula is C30H36Fe4N6NaO24+. The van der Waals surface area contributed by atoms with Crippen LogP contribution in [-0.4, -0.2) is 219 Å². The smallest absolute Gasteiger partial charge is 0.549 e. The molecule has 0 unspecified atom stereocenters. The Morgan fingerprint density at radius 1 is 0.200 bits per heavy atom. The van der Waals surface area contributed by atoms with Crippen molar-refractivity contribution in [2.45, 2.75) is 0 Å². The third-order valence-electron chi connectivity index (χ3n) is 6.43. The van der Waals surface area contributed by atoms with Gasteiger partial charge in [-0.25, -0.2) is 0 Å². The molecule has 35 heteroatoms. The summed E-state index contributed by atoms with van der Waals surface area (Å²) in [6.45, 7) is -9.75. The van der Waals surface area contributed by atoms with E-state index in [2.05, 4.69) is 0 Å². The second kappa shape index (κ2) is 45.6. The van der Waals surface area contributed by atoms with E-state index in [1.165, 1.54) is 0 Å². The zero-order valence-electron chi connectivity index (χ0n) is 33.6. The quantitative estimate of drug-likeness (QED) is 0.0551. The fourth-order valence-electron chi connectivity index (χ4n) is 4.32. The molecule has 0 amide bonds. The van der Waals surface area contributed by atoms with Crippen LogP contribution in [0.3, 0.4) is 0 Å². The van der Waals surface area contributed by atoms with Crippen LogP contribution in [0.4, 0.5) is 0 Å². The monoisotopic (exact) mass is 1110 g/mol. The molecule has 0 aromatic carbocycles. The summed E-state index contributed by atoms with van der Waals surface area (Å²) in [6.07, 6.45) is 0. The van der Waals surface area contributed by atoms with Crippen molar-refractivity contribution < 1.29 is 217 Å². The van der Waals surface area contributed by atoms with Crippen molar-refractivity contribution in [3.8, 4) is 0 Å². The van der Waals surface area contributed by atoms with E-state index in [1.807, 2.05) is 0 Å². The second-order valence-corrected chi connectivity index (χ2v) is 11.7. The molecule has 0 rings (SSSR count). The van der Waals surface area contributed by atoms with Gasteiger partial charge in [-0.15, -0.1) is 0 Å². The molecule has 0 saturated heterocycles. The number of hydrogen-bond donors (Lipinski definition) is 0. The molecule has 0 aliphatic rings. The van der Waals surface area contributed by atoms with E-state index >= 15 is 0 Å². The second-order valence-electron chi connectivity index (χ2n) is 11.7. The topological polar surface area (TPSA) is 501 Å². The molecule has 4 radical (unpaired) electrons. The maximum absolute atomic E-state index is 10.4. The minimum Gasteiger partial charge on any atom is -0.549 e. The first-order valence-corrected chi connectivity index (χ1v) is 16.3. The van der Waals surface area contributed by atoms with Gasteiger partial charge in [-0.2, -0.15) is 0 Å². The molecule has 0 bridgehead atoms. The number of carboxylic acids is 12. The van der Waals surface area contributed by atoms with Gasteiger partial charge in [0.25, 0.3) is 0 Å². The standard InChI is InChI=1S/3C10H16N2O8.4Fe.Na/c3*13-7(14)3-11(4-8(15)16)1-2-12(5-9(17)18)6-10(19)20;;;;;/h3*1-6H2,(H,13,14)(H,15,16)(H,17,18)(H,19,20);;;;;/q;;;4*+3;+1/p-12. The first kappa shape index (κ1) is 78.6. The van der Waals surface area contributed by atoms with Gasteiger partial charge in [0.2, 0.25) is 0 Å². The number of carbonyl (C=O) groups is 12. The number of carboxylic acid groups (broad SMARTS) is 12. The number of nitrogens with zero attached hydrogens (tertiary/aromatic N) is 6. The zero-order valence-corrected chi connectivity index (χ0v) is 40.0. The van der Waals surface area contributed by atoms with Gasteiger partial charge in [0, 0.05) is 118 Å². The number of rotatable bonds is 33. The molecule has 0 aromatic heterocycles. The maximum atomic E-state index is 10.4. The molecule has 362 valence electrons. The summed E-state index contributed by atoms with van der Waals surface area (Å²) in [5, 5.41) is 125. The van der Waals surface area contributed by atoms with Crippen LogP contribution >= 0.6 is 0 Å². The Balaban J connectivity index is -0.000000120. The van der Waals surface area contributed by atoms with E-state index in [4.69, 9.17) is 0 Å². The van der Waals surface area contributed by atoms with E-state index < -0.39 is 150 Å². The normalized spacial score (nSPS) is 9.88. The van der Waals surface area contributed by atoms with Crippen LogP contribution in [0.1, 0.15) is 0 Å². The van der Waals surface area contributed by atoms with Gasteiger partial charge in [0.1, 0.15) is 0 Å². The molecule has 0 atom stereocenters. The van der Waals surface area contributed by atoms with Crippen LogP contribution in [0.5, 0.6) is 0 Å². The molecule has 0 aliphatic heterocycles. The molecule has 0 spiro atoms. The van der Waals surface area contributed by atoms with Crippen LogP contribution in [-0.2, 0) is 126 Å². The first-order valence-electron chi connectivity index (χ1n) is 16.3. The fraction of sp³-hybridized carbons (Fsp3) is 0.600. The Morgan fingerprint density at radius 2 is 0.262 bits per heavy atom. The van der Waals surface area contributed by atoms with Crippen molar-refractivity contribution in [3.05, 3.63) is 0 Å². The summed E-state index contributed by atoms with van der Waals surface area (Å²) >= 11 is 0. The van der Waals surface area contributed by atoms with Crippen molar-refractivity contribution in [3.63, 3.8) is 0 Å². The van der Waals surface area contributed by atoms with E-state index in [9.17, 15) is 119 Å². The summed E-state index contributed by atoms with van der Waals surface area (Å²) in [6, 6.07) is 0. The molecular weight excluding hydrogens is 1070 g/mol. The van der Waals surface area contributed by atoms with E-state index in [0.717, 1.165) is 29.4 Å². The number of aliphatic carboxylic acids is 12. The molecule has 30 nitrogen and oxygen atoms in total. The molecule has 0 heterocycles. The summed E-state index contributed by atoms with van der Waals surface area (Å²) in [5.41, 5.74) is 0. The summed E-state index contributed by atoms with van der Waals surface area (Å²) in [4.78, 5) is 130. The zero-order chi connectivity index (χ0) is 47.1. The Labute approximate surface area is 432 Å². The van der Waals surface area contributed by atoms with Crippen LogP contribution in [0, 0.1) is 0 Å². The van der Waals surface area contributed by atoms with Crippen LogP contribution in [0.15, 0.2) is 0 Å². The van der Waals surface area contributed by atoms with Gasteiger partial charge in [0.15, 0.2) is 0 Å². The van der Waals surface area contributed by atoms with Crippen molar-refractivity contribution >= 4 is 71.6 Å². The van der Waals surface area contributed by atoms with E-state index in [1.54, 1.807) is 0 Å². The molecule has 0 aliphatic carbocycles. The van der Waals surface area contributed by atoms with Gasteiger partial charge in [0.05, 0.1) is 71.6 Å². The van der Waals surface area contributed by atoms with E-state index in [-0.39, 0.29) is 137 Å². The number of hydrogen-bond acceptors (Lipinski definition) is 30. The molecule has 65 heavy (non-hydrogen) atoms.